The van der Waals surface area contributed by atoms with Crippen molar-refractivity contribution in [2.45, 2.75) is 0 Å². The second-order valence-electron chi connectivity index (χ2n) is 2.90. The number of aromatic nitrogens is 1. The Balaban J connectivity index is 3.14. The summed E-state index contributed by atoms with van der Waals surface area (Å²) in [7, 11) is 0. The summed E-state index contributed by atoms with van der Waals surface area (Å²) < 4.78 is 77.5. The predicted octanol–water partition coefficient (Wildman–Crippen LogP) is 3.07. The Morgan fingerprint density at radius 3 is 1.75 bits per heavy atom. The van der Waals surface area contributed by atoms with Gasteiger partial charge in [-0.2, -0.15) is 4.39 Å². The number of hydrogen-bond acceptors (Lipinski definition) is 1. The molecule has 0 N–H and O–H groups in total. The first kappa shape index (κ1) is 10.7. The van der Waals surface area contributed by atoms with E-state index in [0.29, 0.717) is 0 Å². The third kappa shape index (κ3) is 1.24. The number of hydrogen-bond donors (Lipinski definition) is 0. The van der Waals surface area contributed by atoms with Crippen molar-refractivity contribution in [3.05, 3.63) is 41.2 Å². The minimum Gasteiger partial charge on any atom is -0.225 e. The van der Waals surface area contributed by atoms with Gasteiger partial charge in [-0.1, -0.05) is 0 Å². The Bertz CT molecular complexity index is 542. The zero-order chi connectivity index (χ0) is 12.0. The van der Waals surface area contributed by atoms with Crippen molar-refractivity contribution in [3.63, 3.8) is 0 Å². The van der Waals surface area contributed by atoms with Crippen molar-refractivity contribution in [1.82, 2.24) is 4.98 Å². The smallest absolute Gasteiger partial charge is 0.224 e. The van der Waals surface area contributed by atoms with Gasteiger partial charge in [-0.05, 0) is 0 Å². The maximum Gasteiger partial charge on any atom is 0.224 e. The van der Waals surface area contributed by atoms with Gasteiger partial charge in [0.25, 0.3) is 0 Å². The molecule has 0 atom stereocenters. The lowest BCUT2D eigenvalue weighted by Crippen LogP contribution is -2.03. The van der Waals surface area contributed by atoms with E-state index in [4.69, 9.17) is 0 Å². The summed E-state index contributed by atoms with van der Waals surface area (Å²) in [6.07, 6.45) is 0.248. The first-order chi connectivity index (χ1) is 7.45. The van der Waals surface area contributed by atoms with Crippen LogP contribution in [0.2, 0.25) is 0 Å². The highest BCUT2D eigenvalue weighted by Crippen LogP contribution is 2.29. The van der Waals surface area contributed by atoms with Gasteiger partial charge < -0.3 is 0 Å². The number of fused-ring (bicyclic) bond motifs is 1. The molecular weight excluding hydrogens is 236 g/mol. The summed E-state index contributed by atoms with van der Waals surface area (Å²) in [6, 6.07) is 0. The summed E-state index contributed by atoms with van der Waals surface area (Å²) >= 11 is 0. The van der Waals surface area contributed by atoms with E-state index in [1.54, 1.807) is 0 Å². The number of benzene rings is 1. The summed E-state index contributed by atoms with van der Waals surface area (Å²) in [5, 5.41) is -2.65. The second-order valence-corrected chi connectivity index (χ2v) is 2.90. The number of pyridine rings is 1. The molecule has 1 heterocycles. The fourth-order valence-corrected chi connectivity index (χ4v) is 1.29. The van der Waals surface area contributed by atoms with Crippen LogP contribution in [-0.2, 0) is 0 Å². The van der Waals surface area contributed by atoms with Crippen LogP contribution >= 0.6 is 0 Å². The molecule has 0 aliphatic carbocycles. The highest BCUT2D eigenvalue weighted by atomic mass is 19.2. The van der Waals surface area contributed by atoms with Crippen LogP contribution in [0.3, 0.4) is 0 Å². The third-order valence-corrected chi connectivity index (χ3v) is 2.00. The average Bonchev–Trinajstić information content (AvgIpc) is 2.26. The molecule has 0 aliphatic heterocycles. The van der Waals surface area contributed by atoms with Crippen LogP contribution in [0, 0.1) is 35.0 Å². The van der Waals surface area contributed by atoms with Gasteiger partial charge in [0, 0.05) is 0 Å². The molecule has 0 unspecified atom stereocenters. The van der Waals surface area contributed by atoms with Crippen LogP contribution in [0.5, 0.6) is 0 Å². The van der Waals surface area contributed by atoms with Crippen LogP contribution in [0.1, 0.15) is 0 Å². The molecule has 16 heavy (non-hydrogen) atoms. The van der Waals surface area contributed by atoms with E-state index in [1.165, 1.54) is 0 Å². The molecule has 0 spiro atoms. The van der Waals surface area contributed by atoms with E-state index in [1.807, 2.05) is 0 Å². The Kier molecular flexibility index (Phi) is 2.25. The molecule has 0 fully saturated rings. The fourth-order valence-electron chi connectivity index (χ4n) is 1.29. The molecule has 2 aromatic rings. The number of halogens is 6. The van der Waals surface area contributed by atoms with Crippen molar-refractivity contribution in [3.8, 4) is 0 Å². The van der Waals surface area contributed by atoms with Gasteiger partial charge in [0.15, 0.2) is 29.1 Å². The summed E-state index contributed by atoms with van der Waals surface area (Å²) in [5.74, 6) is -11.5. The van der Waals surface area contributed by atoms with Crippen LogP contribution in [-0.4, -0.2) is 4.98 Å². The molecule has 0 saturated heterocycles. The van der Waals surface area contributed by atoms with Gasteiger partial charge in [-0.15, -0.1) is 0 Å². The number of rotatable bonds is 0. The molecule has 0 bridgehead atoms. The van der Waals surface area contributed by atoms with Crippen LogP contribution < -0.4 is 0 Å². The summed E-state index contributed by atoms with van der Waals surface area (Å²) in [6.45, 7) is 0. The molecule has 0 aliphatic rings. The number of nitrogens with zero attached hydrogens (tertiary/aromatic N) is 1. The van der Waals surface area contributed by atoms with Crippen molar-refractivity contribution >= 4 is 10.8 Å². The molecular formula is C9HF6N. The minimum atomic E-state index is -2.21. The highest BCUT2D eigenvalue weighted by molar-refractivity contribution is 5.84. The topological polar surface area (TPSA) is 12.9 Å². The van der Waals surface area contributed by atoms with Crippen LogP contribution in [0.4, 0.5) is 26.3 Å². The molecule has 1 aromatic heterocycles. The van der Waals surface area contributed by atoms with E-state index in [9.17, 15) is 26.3 Å². The lowest BCUT2D eigenvalue weighted by atomic mass is 10.1. The quantitative estimate of drug-likeness (QED) is 0.297. The van der Waals surface area contributed by atoms with Crippen molar-refractivity contribution < 1.29 is 26.3 Å². The molecule has 0 radical (unpaired) electrons. The van der Waals surface area contributed by atoms with Crippen LogP contribution in [0.25, 0.3) is 10.8 Å². The lowest BCUT2D eigenvalue weighted by molar-refractivity contribution is 0.413. The minimum absolute atomic E-state index is 0.248. The normalized spacial score (nSPS) is 11.1. The third-order valence-electron chi connectivity index (χ3n) is 2.00. The predicted molar refractivity (Wildman–Crippen MR) is 41.5 cm³/mol. The Hall–Kier alpha value is -1.79. The molecule has 0 amide bonds. The zero-order valence-corrected chi connectivity index (χ0v) is 7.29. The fraction of sp³-hybridized carbons (Fsp3) is 0. The van der Waals surface area contributed by atoms with E-state index < -0.39 is 45.8 Å². The monoisotopic (exact) mass is 237 g/mol. The van der Waals surface area contributed by atoms with E-state index in [2.05, 4.69) is 4.98 Å². The van der Waals surface area contributed by atoms with Gasteiger partial charge >= 0.3 is 0 Å². The molecule has 1 aromatic carbocycles. The largest absolute Gasteiger partial charge is 0.225 e. The maximum absolute atomic E-state index is 13.1. The van der Waals surface area contributed by atoms with Crippen molar-refractivity contribution in [1.29, 1.82) is 0 Å². The molecule has 0 saturated carbocycles. The van der Waals surface area contributed by atoms with Crippen molar-refractivity contribution in [2.24, 2.45) is 0 Å². The Morgan fingerprint density at radius 1 is 0.688 bits per heavy atom. The summed E-state index contributed by atoms with van der Waals surface area (Å²) in [5.41, 5.74) is 0. The lowest BCUT2D eigenvalue weighted by Gasteiger charge is -2.05. The van der Waals surface area contributed by atoms with Gasteiger partial charge in [-0.25, -0.2) is 26.9 Å². The van der Waals surface area contributed by atoms with Gasteiger partial charge in [-0.3, -0.25) is 0 Å². The summed E-state index contributed by atoms with van der Waals surface area (Å²) in [4.78, 5) is 2.74. The molecule has 1 nitrogen and oxygen atoms in total. The molecule has 7 heteroatoms. The first-order valence-electron chi connectivity index (χ1n) is 3.90. The van der Waals surface area contributed by atoms with E-state index in [-0.39, 0.29) is 6.20 Å². The van der Waals surface area contributed by atoms with Gasteiger partial charge in [0.05, 0.1) is 17.0 Å². The average molecular weight is 237 g/mol. The molecule has 84 valence electrons. The van der Waals surface area contributed by atoms with Gasteiger partial charge in [0.2, 0.25) is 5.95 Å². The second kappa shape index (κ2) is 3.36. The maximum atomic E-state index is 13.1. The first-order valence-corrected chi connectivity index (χ1v) is 3.90. The SMILES string of the molecule is Fc1c(F)c(F)c2c(F)ncc(F)c2c1F. The van der Waals surface area contributed by atoms with Crippen LogP contribution in [0.15, 0.2) is 6.20 Å². The van der Waals surface area contributed by atoms with Crippen molar-refractivity contribution in [2.75, 3.05) is 0 Å². The van der Waals surface area contributed by atoms with E-state index >= 15 is 0 Å². The Labute approximate surface area is 84.3 Å². The highest BCUT2D eigenvalue weighted by Gasteiger charge is 2.25. The van der Waals surface area contributed by atoms with Gasteiger partial charge in [0.1, 0.15) is 0 Å². The molecule has 2 rings (SSSR count). The Morgan fingerprint density at radius 2 is 1.19 bits per heavy atom. The zero-order valence-electron chi connectivity index (χ0n) is 7.29. The standard InChI is InChI=1S/C9HF6N/c10-2-1-16-9(15)4-3(2)5(11)7(13)8(14)6(4)12/h1H. The van der Waals surface area contributed by atoms with E-state index in [0.717, 1.165) is 0 Å².